The highest BCUT2D eigenvalue weighted by Gasteiger charge is 2.58. The fourth-order valence-electron chi connectivity index (χ4n) is 3.55. The number of carbonyl (C=O) groups is 2. The number of hydrogen-bond acceptors (Lipinski definition) is 3. The first kappa shape index (κ1) is 11.3. The highest BCUT2D eigenvalue weighted by atomic mass is 32.2. The number of thioether (sulfide) groups is 1. The van der Waals surface area contributed by atoms with Gasteiger partial charge in [-0.3, -0.25) is 14.5 Å². The number of carbonyl (C=O) groups excluding carboxylic acids is 2. The summed E-state index contributed by atoms with van der Waals surface area (Å²) in [5, 5.41) is 0. The fraction of sp³-hybridized carbons (Fsp3) is 0.692. The van der Waals surface area contributed by atoms with E-state index in [1.54, 1.807) is 11.8 Å². The Labute approximate surface area is 106 Å². The van der Waals surface area contributed by atoms with Crippen molar-refractivity contribution in [1.29, 1.82) is 0 Å². The molecule has 17 heavy (non-hydrogen) atoms. The Balaban J connectivity index is 1.74. The fourth-order valence-corrected chi connectivity index (χ4v) is 3.97. The van der Waals surface area contributed by atoms with Crippen LogP contribution in [0.3, 0.4) is 0 Å². The predicted octanol–water partition coefficient (Wildman–Crippen LogP) is 1.55. The molecule has 1 aliphatic heterocycles. The zero-order chi connectivity index (χ0) is 12.0. The van der Waals surface area contributed by atoms with Gasteiger partial charge in [-0.1, -0.05) is 12.2 Å². The van der Waals surface area contributed by atoms with Crippen molar-refractivity contribution in [3.63, 3.8) is 0 Å². The van der Waals surface area contributed by atoms with Crippen LogP contribution in [0.1, 0.15) is 12.8 Å². The summed E-state index contributed by atoms with van der Waals surface area (Å²) >= 11 is 1.76. The summed E-state index contributed by atoms with van der Waals surface area (Å²) in [6, 6.07) is 0. The molecule has 4 atom stereocenters. The van der Waals surface area contributed by atoms with Gasteiger partial charge in [0.2, 0.25) is 11.8 Å². The average molecular weight is 251 g/mol. The first-order valence-corrected chi connectivity index (χ1v) is 7.66. The third-order valence-corrected chi connectivity index (χ3v) is 4.99. The Kier molecular flexibility index (Phi) is 2.77. The van der Waals surface area contributed by atoms with Crippen LogP contribution in [0.2, 0.25) is 0 Å². The minimum atomic E-state index is -0.0215. The number of rotatable bonds is 4. The molecule has 1 saturated carbocycles. The second-order valence-electron chi connectivity index (χ2n) is 5.17. The van der Waals surface area contributed by atoms with Crippen LogP contribution in [-0.4, -0.2) is 35.3 Å². The third kappa shape index (κ3) is 1.57. The molecule has 1 saturated heterocycles. The second kappa shape index (κ2) is 4.16. The molecule has 2 fully saturated rings. The van der Waals surface area contributed by atoms with Gasteiger partial charge in [-0.15, -0.1) is 0 Å². The average Bonchev–Trinajstić information content (AvgIpc) is 2.97. The topological polar surface area (TPSA) is 37.4 Å². The summed E-state index contributed by atoms with van der Waals surface area (Å²) < 4.78 is 0. The van der Waals surface area contributed by atoms with Gasteiger partial charge in [0.1, 0.15) is 0 Å². The van der Waals surface area contributed by atoms with Crippen LogP contribution < -0.4 is 0 Å². The van der Waals surface area contributed by atoms with Crippen LogP contribution in [-0.2, 0) is 9.59 Å². The van der Waals surface area contributed by atoms with Crippen LogP contribution >= 0.6 is 11.8 Å². The van der Waals surface area contributed by atoms with Gasteiger partial charge in [0.25, 0.3) is 0 Å². The molecule has 2 amide bonds. The molecule has 0 aromatic carbocycles. The Morgan fingerprint density at radius 1 is 1.24 bits per heavy atom. The van der Waals surface area contributed by atoms with Gasteiger partial charge >= 0.3 is 0 Å². The van der Waals surface area contributed by atoms with E-state index in [0.717, 1.165) is 18.6 Å². The minimum absolute atomic E-state index is 0.0215. The summed E-state index contributed by atoms with van der Waals surface area (Å²) in [6.45, 7) is 0.616. The number of imide groups is 1. The molecule has 92 valence electrons. The molecule has 3 nitrogen and oxygen atoms in total. The Morgan fingerprint density at radius 3 is 2.35 bits per heavy atom. The maximum Gasteiger partial charge on any atom is 0.233 e. The molecule has 0 N–H and O–H groups in total. The van der Waals surface area contributed by atoms with Crippen LogP contribution in [0.15, 0.2) is 12.2 Å². The van der Waals surface area contributed by atoms with E-state index in [2.05, 4.69) is 12.2 Å². The molecule has 2 aliphatic carbocycles. The van der Waals surface area contributed by atoms with Crippen molar-refractivity contribution in [2.75, 3.05) is 18.6 Å². The first-order valence-electron chi connectivity index (χ1n) is 6.26. The lowest BCUT2D eigenvalue weighted by Crippen LogP contribution is -2.34. The van der Waals surface area contributed by atoms with Crippen molar-refractivity contribution in [2.45, 2.75) is 12.8 Å². The van der Waals surface area contributed by atoms with E-state index in [1.165, 1.54) is 4.90 Å². The lowest BCUT2D eigenvalue weighted by Gasteiger charge is -2.16. The molecule has 0 aromatic rings. The molecule has 0 aromatic heterocycles. The van der Waals surface area contributed by atoms with Crippen LogP contribution in [0.5, 0.6) is 0 Å². The molecule has 3 rings (SSSR count). The highest BCUT2D eigenvalue weighted by molar-refractivity contribution is 7.98. The van der Waals surface area contributed by atoms with Crippen molar-refractivity contribution < 1.29 is 9.59 Å². The second-order valence-corrected chi connectivity index (χ2v) is 6.16. The standard InChI is InChI=1S/C13H17NO2S/c1-17-6-2-5-14-12(15)10-8-3-4-9(7-8)11(10)13(14)16/h3-4,8-11H,2,5-7H2,1H3. The van der Waals surface area contributed by atoms with Crippen molar-refractivity contribution in [3.05, 3.63) is 12.2 Å². The summed E-state index contributed by atoms with van der Waals surface area (Å²) in [5.41, 5.74) is 0. The monoisotopic (exact) mass is 251 g/mol. The van der Waals surface area contributed by atoms with E-state index in [9.17, 15) is 9.59 Å². The minimum Gasteiger partial charge on any atom is -0.282 e. The van der Waals surface area contributed by atoms with Gasteiger partial charge in [0, 0.05) is 6.54 Å². The van der Waals surface area contributed by atoms with E-state index in [4.69, 9.17) is 0 Å². The van der Waals surface area contributed by atoms with Gasteiger partial charge in [-0.2, -0.15) is 11.8 Å². The van der Waals surface area contributed by atoms with Gasteiger partial charge in [0.15, 0.2) is 0 Å². The van der Waals surface area contributed by atoms with Crippen molar-refractivity contribution in [3.8, 4) is 0 Å². The normalized spacial score (nSPS) is 38.3. The van der Waals surface area contributed by atoms with Gasteiger partial charge in [-0.25, -0.2) is 0 Å². The Bertz CT molecular complexity index is 363. The number of hydrogen-bond donors (Lipinski definition) is 0. The van der Waals surface area contributed by atoms with Crippen LogP contribution in [0, 0.1) is 23.7 Å². The van der Waals surface area contributed by atoms with Crippen molar-refractivity contribution in [2.24, 2.45) is 23.7 Å². The maximum absolute atomic E-state index is 12.2. The van der Waals surface area contributed by atoms with E-state index >= 15 is 0 Å². The zero-order valence-corrected chi connectivity index (χ0v) is 10.8. The molecule has 4 heteroatoms. The van der Waals surface area contributed by atoms with Crippen LogP contribution in [0.25, 0.3) is 0 Å². The summed E-state index contributed by atoms with van der Waals surface area (Å²) in [7, 11) is 0. The molecule has 2 bridgehead atoms. The maximum atomic E-state index is 12.2. The largest absolute Gasteiger partial charge is 0.282 e. The molecule has 3 aliphatic rings. The Hall–Kier alpha value is -0.770. The number of allylic oxidation sites excluding steroid dienone is 2. The molecule has 0 radical (unpaired) electrons. The number of fused-ring (bicyclic) bond motifs is 5. The quantitative estimate of drug-likeness (QED) is 0.432. The summed E-state index contributed by atoms with van der Waals surface area (Å²) in [6.07, 6.45) is 8.27. The van der Waals surface area contributed by atoms with Crippen molar-refractivity contribution >= 4 is 23.6 Å². The van der Waals surface area contributed by atoms with Crippen LogP contribution in [0.4, 0.5) is 0 Å². The lowest BCUT2D eigenvalue weighted by molar-refractivity contribution is -0.140. The molecule has 4 unspecified atom stereocenters. The van der Waals surface area contributed by atoms with E-state index < -0.39 is 0 Å². The van der Waals surface area contributed by atoms with Gasteiger partial charge in [-0.05, 0) is 36.7 Å². The molecular weight excluding hydrogens is 234 g/mol. The predicted molar refractivity (Wildman–Crippen MR) is 67.4 cm³/mol. The van der Waals surface area contributed by atoms with Gasteiger partial charge in [0.05, 0.1) is 11.8 Å². The number of amides is 2. The van der Waals surface area contributed by atoms with E-state index in [-0.39, 0.29) is 23.7 Å². The smallest absolute Gasteiger partial charge is 0.233 e. The van der Waals surface area contributed by atoms with E-state index in [0.29, 0.717) is 18.4 Å². The first-order chi connectivity index (χ1) is 8.24. The van der Waals surface area contributed by atoms with E-state index in [1.807, 2.05) is 6.26 Å². The summed E-state index contributed by atoms with van der Waals surface area (Å²) in [4.78, 5) is 26.0. The number of likely N-dealkylation sites (tertiary alicyclic amines) is 1. The van der Waals surface area contributed by atoms with Gasteiger partial charge < -0.3 is 0 Å². The number of nitrogens with zero attached hydrogens (tertiary/aromatic N) is 1. The highest BCUT2D eigenvalue weighted by Crippen LogP contribution is 2.52. The zero-order valence-electron chi connectivity index (χ0n) is 9.96. The van der Waals surface area contributed by atoms with Crippen molar-refractivity contribution in [1.82, 2.24) is 4.90 Å². The summed E-state index contributed by atoms with van der Waals surface area (Å²) in [5.74, 6) is 1.84. The Morgan fingerprint density at radius 2 is 1.82 bits per heavy atom. The third-order valence-electron chi connectivity index (χ3n) is 4.29. The molecular formula is C13H17NO2S. The molecule has 1 heterocycles. The molecule has 0 spiro atoms. The SMILES string of the molecule is CSCCCN1C(=O)C2C3C=CC(C3)C2C1=O. The lowest BCUT2D eigenvalue weighted by atomic mass is 9.85.